The van der Waals surface area contributed by atoms with Crippen LogP contribution in [0.4, 0.5) is 0 Å². The summed E-state index contributed by atoms with van der Waals surface area (Å²) >= 11 is 6.47. The Kier molecular flexibility index (Phi) is 3.83. The fourth-order valence-electron chi connectivity index (χ4n) is 4.09. The summed E-state index contributed by atoms with van der Waals surface area (Å²) in [6.45, 7) is 0. The first-order valence-electron chi connectivity index (χ1n) is 9.71. The molecule has 0 aliphatic carbocycles. The number of hydrogen-bond acceptors (Lipinski definition) is 3. The van der Waals surface area contributed by atoms with Crippen molar-refractivity contribution in [3.8, 4) is 22.6 Å². The first kappa shape index (κ1) is 17.2. The van der Waals surface area contributed by atoms with E-state index in [0.29, 0.717) is 11.0 Å². The van der Waals surface area contributed by atoms with Crippen molar-refractivity contribution < 1.29 is 4.42 Å². The highest BCUT2D eigenvalue weighted by Gasteiger charge is 2.16. The zero-order valence-corrected chi connectivity index (χ0v) is 16.6. The summed E-state index contributed by atoms with van der Waals surface area (Å²) in [4.78, 5) is 9.48. The zero-order chi connectivity index (χ0) is 20.1. The van der Waals surface area contributed by atoms with Crippen LogP contribution in [0.15, 0.2) is 95.4 Å². The number of rotatable bonds is 2. The van der Waals surface area contributed by atoms with E-state index in [1.165, 1.54) is 0 Å². The van der Waals surface area contributed by atoms with Gasteiger partial charge < -0.3 is 4.42 Å². The number of hydrogen-bond donors (Lipinski definition) is 0. The Labute approximate surface area is 177 Å². The lowest BCUT2D eigenvalue weighted by molar-refractivity contribution is 0.669. The van der Waals surface area contributed by atoms with Crippen molar-refractivity contribution in [2.75, 3.05) is 0 Å². The second-order valence-electron chi connectivity index (χ2n) is 7.20. The molecule has 0 aliphatic rings. The van der Waals surface area contributed by atoms with Gasteiger partial charge in [-0.15, -0.1) is 0 Å². The van der Waals surface area contributed by atoms with Crippen LogP contribution in [0, 0.1) is 0 Å². The third kappa shape index (κ3) is 2.67. The van der Waals surface area contributed by atoms with Crippen molar-refractivity contribution in [1.29, 1.82) is 0 Å². The first-order chi connectivity index (χ1) is 14.8. The molecule has 2 aromatic heterocycles. The number of nitrogens with zero attached hydrogens (tertiary/aromatic N) is 2. The van der Waals surface area contributed by atoms with Gasteiger partial charge in [-0.1, -0.05) is 84.4 Å². The van der Waals surface area contributed by atoms with Crippen LogP contribution in [0.3, 0.4) is 0 Å². The summed E-state index contributed by atoms with van der Waals surface area (Å²) < 4.78 is 6.03. The molecule has 0 radical (unpaired) electrons. The molecule has 6 aromatic rings. The minimum atomic E-state index is 0.410. The largest absolute Gasteiger partial charge is 0.456 e. The van der Waals surface area contributed by atoms with E-state index in [1.807, 2.05) is 60.7 Å². The van der Waals surface area contributed by atoms with Gasteiger partial charge in [0.15, 0.2) is 5.82 Å². The van der Waals surface area contributed by atoms with E-state index in [9.17, 15) is 0 Å². The van der Waals surface area contributed by atoms with Crippen molar-refractivity contribution in [3.63, 3.8) is 0 Å². The van der Waals surface area contributed by atoms with Crippen LogP contribution < -0.4 is 0 Å². The fraction of sp³-hybridized carbons (Fsp3) is 0. The zero-order valence-electron chi connectivity index (χ0n) is 15.8. The number of para-hydroxylation sites is 1. The molecule has 0 N–H and O–H groups in total. The quantitative estimate of drug-likeness (QED) is 0.279. The Morgan fingerprint density at radius 3 is 2.27 bits per heavy atom. The maximum absolute atomic E-state index is 6.47. The predicted molar refractivity (Wildman–Crippen MR) is 123 cm³/mol. The van der Waals surface area contributed by atoms with Gasteiger partial charge in [-0.2, -0.15) is 0 Å². The van der Waals surface area contributed by atoms with Crippen LogP contribution >= 0.6 is 11.6 Å². The van der Waals surface area contributed by atoms with E-state index in [0.717, 1.165) is 49.5 Å². The Hall–Kier alpha value is -3.69. The molecule has 0 fully saturated rings. The van der Waals surface area contributed by atoms with Gasteiger partial charge in [0.05, 0.1) is 5.69 Å². The lowest BCUT2D eigenvalue weighted by Crippen LogP contribution is -1.94. The van der Waals surface area contributed by atoms with Crippen LogP contribution in [-0.2, 0) is 0 Å². The Balaban J connectivity index is 1.63. The van der Waals surface area contributed by atoms with Crippen LogP contribution in [0.25, 0.3) is 55.4 Å². The van der Waals surface area contributed by atoms with Gasteiger partial charge in [-0.25, -0.2) is 9.97 Å². The highest BCUT2D eigenvalue weighted by molar-refractivity contribution is 6.29. The lowest BCUT2D eigenvalue weighted by atomic mass is 10.0. The molecule has 0 saturated heterocycles. The van der Waals surface area contributed by atoms with Gasteiger partial charge in [0.2, 0.25) is 0 Å². The van der Waals surface area contributed by atoms with Crippen molar-refractivity contribution in [2.24, 2.45) is 0 Å². The maximum Gasteiger partial charge on any atom is 0.162 e. The second-order valence-corrected chi connectivity index (χ2v) is 7.59. The minimum absolute atomic E-state index is 0.410. The van der Waals surface area contributed by atoms with E-state index < -0.39 is 0 Å². The molecule has 3 nitrogen and oxygen atoms in total. The molecular formula is C26H15ClN2O. The standard InChI is InChI=1S/C26H15ClN2O/c27-24-15-21(18-11-5-8-16-7-1-2-9-17(16)18)28-26(29-24)20-12-6-14-23-25(20)19-10-3-4-13-22(19)30-23/h1-15H. The first-order valence-corrected chi connectivity index (χ1v) is 10.1. The number of halogens is 1. The molecule has 6 rings (SSSR count). The average Bonchev–Trinajstić information content (AvgIpc) is 3.17. The Morgan fingerprint density at radius 1 is 0.633 bits per heavy atom. The van der Waals surface area contributed by atoms with Crippen molar-refractivity contribution in [3.05, 3.63) is 96.1 Å². The van der Waals surface area contributed by atoms with Crippen molar-refractivity contribution in [2.45, 2.75) is 0 Å². The van der Waals surface area contributed by atoms with Gasteiger partial charge in [-0.3, -0.25) is 0 Å². The van der Waals surface area contributed by atoms with Crippen LogP contribution in [-0.4, -0.2) is 9.97 Å². The molecule has 0 bridgehead atoms. The number of benzene rings is 4. The normalized spacial score (nSPS) is 11.5. The summed E-state index contributed by atoms with van der Waals surface area (Å²) in [6, 6.07) is 30.2. The van der Waals surface area contributed by atoms with E-state index in [-0.39, 0.29) is 0 Å². The molecule has 0 aliphatic heterocycles. The molecular weight excluding hydrogens is 392 g/mol. The molecule has 30 heavy (non-hydrogen) atoms. The molecule has 0 saturated carbocycles. The Bertz CT molecular complexity index is 1560. The van der Waals surface area contributed by atoms with E-state index in [4.69, 9.17) is 21.0 Å². The van der Waals surface area contributed by atoms with Gasteiger partial charge in [-0.05, 0) is 22.9 Å². The Morgan fingerprint density at radius 2 is 1.33 bits per heavy atom. The summed E-state index contributed by atoms with van der Waals surface area (Å²) in [5.74, 6) is 0.586. The topological polar surface area (TPSA) is 38.9 Å². The number of furan rings is 1. The van der Waals surface area contributed by atoms with Crippen molar-refractivity contribution in [1.82, 2.24) is 9.97 Å². The molecule has 0 amide bonds. The fourth-order valence-corrected chi connectivity index (χ4v) is 4.27. The predicted octanol–water partition coefficient (Wildman–Crippen LogP) is 7.52. The van der Waals surface area contributed by atoms with Crippen molar-refractivity contribution >= 4 is 44.3 Å². The molecule has 0 unspecified atom stereocenters. The van der Waals surface area contributed by atoms with Gasteiger partial charge >= 0.3 is 0 Å². The molecule has 4 aromatic carbocycles. The maximum atomic E-state index is 6.47. The molecule has 2 heterocycles. The van der Waals surface area contributed by atoms with Gasteiger partial charge in [0, 0.05) is 28.0 Å². The third-order valence-electron chi connectivity index (χ3n) is 5.40. The summed E-state index contributed by atoms with van der Waals surface area (Å²) in [5.41, 5.74) is 4.39. The SMILES string of the molecule is Clc1cc(-c2cccc3ccccc23)nc(-c2cccc3oc4ccccc4c23)n1. The van der Waals surface area contributed by atoms with E-state index in [2.05, 4.69) is 35.3 Å². The lowest BCUT2D eigenvalue weighted by Gasteiger charge is -2.09. The van der Waals surface area contributed by atoms with Crippen LogP contribution in [0.1, 0.15) is 0 Å². The average molecular weight is 407 g/mol. The van der Waals surface area contributed by atoms with E-state index >= 15 is 0 Å². The van der Waals surface area contributed by atoms with Crippen LogP contribution in [0.2, 0.25) is 5.15 Å². The summed E-state index contributed by atoms with van der Waals surface area (Å²) in [7, 11) is 0. The minimum Gasteiger partial charge on any atom is -0.456 e. The molecule has 4 heteroatoms. The second kappa shape index (κ2) is 6.68. The smallest absolute Gasteiger partial charge is 0.162 e. The number of fused-ring (bicyclic) bond motifs is 4. The monoisotopic (exact) mass is 406 g/mol. The summed E-state index contributed by atoms with van der Waals surface area (Å²) in [5, 5.41) is 4.74. The summed E-state index contributed by atoms with van der Waals surface area (Å²) in [6.07, 6.45) is 0. The molecule has 142 valence electrons. The third-order valence-corrected chi connectivity index (χ3v) is 5.60. The van der Waals surface area contributed by atoms with Crippen LogP contribution in [0.5, 0.6) is 0 Å². The van der Waals surface area contributed by atoms with E-state index in [1.54, 1.807) is 0 Å². The van der Waals surface area contributed by atoms with Gasteiger partial charge in [0.1, 0.15) is 16.3 Å². The highest BCUT2D eigenvalue weighted by atomic mass is 35.5. The van der Waals surface area contributed by atoms with Gasteiger partial charge in [0.25, 0.3) is 0 Å². The molecule has 0 spiro atoms. The molecule has 0 atom stereocenters. The highest BCUT2D eigenvalue weighted by Crippen LogP contribution is 2.37. The number of aromatic nitrogens is 2.